The second-order valence-corrected chi connectivity index (χ2v) is 10.2. The van der Waals surface area contributed by atoms with Crippen molar-refractivity contribution in [1.82, 2.24) is 20.9 Å². The van der Waals surface area contributed by atoms with Crippen LogP contribution in [-0.2, 0) is 24.3 Å². The number of benzene rings is 1. The average molecular weight is 467 g/mol. The Bertz CT molecular complexity index is 1040. The van der Waals surface area contributed by atoms with Gasteiger partial charge in [0.2, 0.25) is 5.91 Å². The van der Waals surface area contributed by atoms with Gasteiger partial charge in [0.05, 0.1) is 0 Å². The van der Waals surface area contributed by atoms with Gasteiger partial charge < -0.3 is 20.9 Å². The largest absolute Gasteiger partial charge is 0.354 e. The molecular weight excluding hydrogens is 428 g/mol. The van der Waals surface area contributed by atoms with Crippen LogP contribution >= 0.6 is 0 Å². The number of aromatic nitrogens is 1. The minimum absolute atomic E-state index is 0.0695. The minimum Gasteiger partial charge on any atom is -0.354 e. The summed E-state index contributed by atoms with van der Waals surface area (Å²) in [4.78, 5) is 42.0. The molecule has 184 valence electrons. The van der Waals surface area contributed by atoms with Crippen molar-refractivity contribution in [3.63, 3.8) is 0 Å². The molecule has 1 aromatic carbocycles. The topological polar surface area (TPSA) is 103 Å². The third kappa shape index (κ3) is 6.14. The summed E-state index contributed by atoms with van der Waals surface area (Å²) in [5.41, 5.74) is 4.55. The Morgan fingerprint density at radius 2 is 1.74 bits per heavy atom. The first-order valence-corrected chi connectivity index (χ1v) is 12.2. The first-order valence-electron chi connectivity index (χ1n) is 12.2. The molecule has 0 spiro atoms. The number of Topliss-reactive ketones (excluding diaryl/α,β-unsaturated/α-hetero) is 1. The predicted octanol–water partition coefficient (Wildman–Crippen LogP) is 3.80. The molecule has 1 atom stereocenters. The number of nitrogens with one attached hydrogen (secondary N) is 4. The van der Waals surface area contributed by atoms with Crippen LogP contribution in [0.4, 0.5) is 0 Å². The van der Waals surface area contributed by atoms with Gasteiger partial charge in [0.25, 0.3) is 5.91 Å². The maximum absolute atomic E-state index is 13.2. The van der Waals surface area contributed by atoms with E-state index < -0.39 is 6.04 Å². The van der Waals surface area contributed by atoms with Crippen molar-refractivity contribution < 1.29 is 14.4 Å². The number of unbranched alkanes of at least 4 members (excludes halogenated alkanes) is 1. The van der Waals surface area contributed by atoms with Gasteiger partial charge in [-0.05, 0) is 48.9 Å². The zero-order valence-corrected chi connectivity index (χ0v) is 21.1. The summed E-state index contributed by atoms with van der Waals surface area (Å²) < 4.78 is 0. The quantitative estimate of drug-likeness (QED) is 0.428. The van der Waals surface area contributed by atoms with Gasteiger partial charge in [-0.3, -0.25) is 14.4 Å². The van der Waals surface area contributed by atoms with Gasteiger partial charge in [-0.2, -0.15) is 0 Å². The number of carbonyl (C=O) groups excluding carboxylic acids is 3. The molecule has 0 radical (unpaired) electrons. The Balaban J connectivity index is 1.69. The molecular formula is C27H38N4O3. The third-order valence-electron chi connectivity index (χ3n) is 6.47. The van der Waals surface area contributed by atoms with E-state index in [0.29, 0.717) is 36.2 Å². The first kappa shape index (κ1) is 25.7. The predicted molar refractivity (Wildman–Crippen MR) is 134 cm³/mol. The zero-order valence-electron chi connectivity index (χ0n) is 21.1. The van der Waals surface area contributed by atoms with Gasteiger partial charge in [-0.15, -0.1) is 0 Å². The van der Waals surface area contributed by atoms with Crippen LogP contribution in [0.15, 0.2) is 24.3 Å². The molecule has 1 aliphatic carbocycles. The standard InChI is InChI=1S/C27H38N4O3/c1-6-7-8-20(25(33)29-16-19-11-9-18(10-12-19)15-28-5)31-26(34)24-17(2)23-21(30-24)13-27(3,4)14-22(23)32/h9-12,20,28,30H,6-8,13-16H2,1-5H3,(H,29,33)(H,31,34). The number of carbonyl (C=O) groups is 3. The van der Waals surface area contributed by atoms with E-state index in [1.165, 1.54) is 5.56 Å². The molecule has 2 amide bonds. The Hall–Kier alpha value is -2.93. The number of aromatic amines is 1. The second kappa shape index (κ2) is 11.0. The minimum atomic E-state index is -0.636. The van der Waals surface area contributed by atoms with E-state index in [2.05, 4.69) is 41.7 Å². The van der Waals surface area contributed by atoms with Crippen molar-refractivity contribution in [2.45, 2.75) is 78.9 Å². The number of amides is 2. The van der Waals surface area contributed by atoms with E-state index in [1.807, 2.05) is 31.3 Å². The molecule has 34 heavy (non-hydrogen) atoms. The summed E-state index contributed by atoms with van der Waals surface area (Å²) in [7, 11) is 1.90. The number of rotatable bonds is 10. The van der Waals surface area contributed by atoms with Gasteiger partial charge in [-0.1, -0.05) is 57.9 Å². The number of hydrogen-bond acceptors (Lipinski definition) is 4. The van der Waals surface area contributed by atoms with Gasteiger partial charge in [-0.25, -0.2) is 0 Å². The van der Waals surface area contributed by atoms with E-state index in [0.717, 1.165) is 37.1 Å². The molecule has 0 bridgehead atoms. The molecule has 2 aromatic rings. The van der Waals surface area contributed by atoms with E-state index >= 15 is 0 Å². The zero-order chi connectivity index (χ0) is 24.9. The summed E-state index contributed by atoms with van der Waals surface area (Å²) >= 11 is 0. The van der Waals surface area contributed by atoms with Gasteiger partial charge in [0.1, 0.15) is 11.7 Å². The number of fused-ring (bicyclic) bond motifs is 1. The summed E-state index contributed by atoms with van der Waals surface area (Å²) in [5, 5.41) is 8.99. The highest BCUT2D eigenvalue weighted by Crippen LogP contribution is 2.36. The van der Waals surface area contributed by atoms with E-state index in [1.54, 1.807) is 6.92 Å². The molecule has 0 saturated carbocycles. The second-order valence-electron chi connectivity index (χ2n) is 10.2. The van der Waals surface area contributed by atoms with E-state index in [4.69, 9.17) is 0 Å². The Labute approximate surface area is 202 Å². The van der Waals surface area contributed by atoms with Crippen molar-refractivity contribution in [2.24, 2.45) is 5.41 Å². The number of ketones is 1. The molecule has 7 heteroatoms. The SMILES string of the molecule is CCCCC(NC(=O)c1[nH]c2c(c1C)C(=O)CC(C)(C)C2)C(=O)NCc1ccc(CNC)cc1. The van der Waals surface area contributed by atoms with E-state index in [-0.39, 0.29) is 23.0 Å². The fourth-order valence-electron chi connectivity index (χ4n) is 4.66. The molecule has 0 aliphatic heterocycles. The van der Waals surface area contributed by atoms with Crippen LogP contribution in [0.2, 0.25) is 0 Å². The van der Waals surface area contributed by atoms with Crippen molar-refractivity contribution in [1.29, 1.82) is 0 Å². The molecule has 1 heterocycles. The van der Waals surface area contributed by atoms with Crippen LogP contribution < -0.4 is 16.0 Å². The van der Waals surface area contributed by atoms with Crippen LogP contribution in [0.3, 0.4) is 0 Å². The lowest BCUT2D eigenvalue weighted by Gasteiger charge is -2.28. The lowest BCUT2D eigenvalue weighted by atomic mass is 9.75. The molecule has 4 N–H and O–H groups in total. The molecule has 1 unspecified atom stereocenters. The highest BCUT2D eigenvalue weighted by atomic mass is 16.2. The third-order valence-corrected chi connectivity index (χ3v) is 6.47. The normalized spacial score (nSPS) is 15.5. The van der Waals surface area contributed by atoms with Crippen LogP contribution in [0.5, 0.6) is 0 Å². The average Bonchev–Trinajstić information content (AvgIpc) is 3.11. The summed E-state index contributed by atoms with van der Waals surface area (Å²) in [6.45, 7) is 9.17. The van der Waals surface area contributed by atoms with Crippen LogP contribution in [-0.4, -0.2) is 35.7 Å². The van der Waals surface area contributed by atoms with Gasteiger partial charge >= 0.3 is 0 Å². The summed E-state index contributed by atoms with van der Waals surface area (Å²) in [6, 6.07) is 7.43. The number of H-pyrrole nitrogens is 1. The van der Waals surface area contributed by atoms with Gasteiger partial charge in [0, 0.05) is 30.8 Å². The van der Waals surface area contributed by atoms with Crippen LogP contribution in [0.1, 0.15) is 89.7 Å². The van der Waals surface area contributed by atoms with Crippen LogP contribution in [0.25, 0.3) is 0 Å². The molecule has 1 aliphatic rings. The van der Waals surface area contributed by atoms with Crippen molar-refractivity contribution in [3.8, 4) is 0 Å². The van der Waals surface area contributed by atoms with Crippen molar-refractivity contribution in [2.75, 3.05) is 7.05 Å². The highest BCUT2D eigenvalue weighted by molar-refractivity contribution is 6.05. The van der Waals surface area contributed by atoms with Crippen molar-refractivity contribution in [3.05, 3.63) is 57.9 Å². The van der Waals surface area contributed by atoms with Crippen molar-refractivity contribution >= 4 is 17.6 Å². The number of hydrogen-bond donors (Lipinski definition) is 4. The lowest BCUT2D eigenvalue weighted by Crippen LogP contribution is -2.46. The van der Waals surface area contributed by atoms with E-state index in [9.17, 15) is 14.4 Å². The Kier molecular flexibility index (Phi) is 8.31. The fourth-order valence-corrected chi connectivity index (χ4v) is 4.66. The van der Waals surface area contributed by atoms with Crippen LogP contribution in [0, 0.1) is 12.3 Å². The molecule has 1 aromatic heterocycles. The molecule has 7 nitrogen and oxygen atoms in total. The monoisotopic (exact) mass is 466 g/mol. The highest BCUT2D eigenvalue weighted by Gasteiger charge is 2.35. The maximum Gasteiger partial charge on any atom is 0.268 e. The smallest absolute Gasteiger partial charge is 0.268 e. The fraction of sp³-hybridized carbons (Fsp3) is 0.519. The van der Waals surface area contributed by atoms with Gasteiger partial charge in [0.15, 0.2) is 5.78 Å². The Morgan fingerprint density at radius 3 is 2.35 bits per heavy atom. The molecule has 0 saturated heterocycles. The molecule has 0 fully saturated rings. The molecule has 3 rings (SSSR count). The summed E-state index contributed by atoms with van der Waals surface area (Å²) in [5.74, 6) is -0.475. The lowest BCUT2D eigenvalue weighted by molar-refractivity contribution is -0.123. The summed E-state index contributed by atoms with van der Waals surface area (Å²) in [6.07, 6.45) is 3.49. The Morgan fingerprint density at radius 1 is 1.09 bits per heavy atom. The first-order chi connectivity index (χ1) is 16.1. The maximum atomic E-state index is 13.2.